The van der Waals surface area contributed by atoms with Crippen LogP contribution in [-0.2, 0) is 19.1 Å². The van der Waals surface area contributed by atoms with Crippen molar-refractivity contribution >= 4 is 11.9 Å². The first kappa shape index (κ1) is 13.2. The number of esters is 2. The van der Waals surface area contributed by atoms with Gasteiger partial charge in [-0.1, -0.05) is 26.0 Å². The zero-order valence-corrected chi connectivity index (χ0v) is 10.4. The number of rotatable bonds is 2. The minimum absolute atomic E-state index is 0.209. The van der Waals surface area contributed by atoms with Gasteiger partial charge in [-0.05, 0) is 12.2 Å². The maximum Gasteiger partial charge on any atom is 0.338 e. The Kier molecular flexibility index (Phi) is 3.89. The fourth-order valence-corrected chi connectivity index (χ4v) is 1.41. The van der Waals surface area contributed by atoms with Crippen LogP contribution in [0, 0.1) is 5.41 Å². The number of carbonyl (C=O) groups excluding carboxylic acids is 2. The number of allylic oxidation sites excluding steroid dienone is 2. The molecule has 1 aliphatic rings. The molecular formula is C13H16O4. The molecule has 4 heteroatoms. The van der Waals surface area contributed by atoms with E-state index in [1.165, 1.54) is 14.2 Å². The molecule has 0 spiro atoms. The van der Waals surface area contributed by atoms with Crippen LogP contribution in [0.5, 0.6) is 0 Å². The van der Waals surface area contributed by atoms with Gasteiger partial charge in [-0.25, -0.2) is 9.59 Å². The van der Waals surface area contributed by atoms with Crippen LogP contribution in [-0.4, -0.2) is 26.2 Å². The quantitative estimate of drug-likeness (QED) is 0.686. The zero-order valence-electron chi connectivity index (χ0n) is 10.4. The summed E-state index contributed by atoms with van der Waals surface area (Å²) in [7, 11) is 2.55. The van der Waals surface area contributed by atoms with Crippen LogP contribution in [0.25, 0.3) is 0 Å². The van der Waals surface area contributed by atoms with Gasteiger partial charge in [0.1, 0.15) is 0 Å². The number of ether oxygens (including phenoxy) is 2. The van der Waals surface area contributed by atoms with E-state index in [9.17, 15) is 9.59 Å². The molecular weight excluding hydrogens is 220 g/mol. The molecule has 0 aromatic carbocycles. The van der Waals surface area contributed by atoms with Crippen LogP contribution >= 0.6 is 0 Å². The molecule has 0 atom stereocenters. The monoisotopic (exact) mass is 236 g/mol. The van der Waals surface area contributed by atoms with Gasteiger partial charge in [-0.3, -0.25) is 0 Å². The largest absolute Gasteiger partial charge is 0.465 e. The summed E-state index contributed by atoms with van der Waals surface area (Å²) in [5, 5.41) is 0. The highest BCUT2D eigenvalue weighted by molar-refractivity contribution is 6.04. The Morgan fingerprint density at radius 3 is 1.59 bits per heavy atom. The smallest absolute Gasteiger partial charge is 0.338 e. The first-order valence-corrected chi connectivity index (χ1v) is 5.20. The number of methoxy groups -OCH3 is 2. The van der Waals surface area contributed by atoms with E-state index in [1.54, 1.807) is 12.2 Å². The molecule has 0 heterocycles. The average molecular weight is 236 g/mol. The standard InChI is InChI=1S/C13H16O4/c1-13(2)7-5-9(11(14)16-3)10(6-8-13)12(15)17-4/h5-8H,1-4H3. The van der Waals surface area contributed by atoms with Crippen molar-refractivity contribution in [3.05, 3.63) is 35.5 Å². The van der Waals surface area contributed by atoms with Gasteiger partial charge in [-0.15, -0.1) is 0 Å². The summed E-state index contributed by atoms with van der Waals surface area (Å²) in [6, 6.07) is 0. The lowest BCUT2D eigenvalue weighted by Crippen LogP contribution is -2.12. The van der Waals surface area contributed by atoms with Crippen molar-refractivity contribution in [2.45, 2.75) is 13.8 Å². The lowest BCUT2D eigenvalue weighted by molar-refractivity contribution is -0.138. The lowest BCUT2D eigenvalue weighted by atomic mass is 9.93. The average Bonchev–Trinajstić information content (AvgIpc) is 2.46. The van der Waals surface area contributed by atoms with Crippen molar-refractivity contribution in [3.8, 4) is 0 Å². The maximum atomic E-state index is 11.6. The van der Waals surface area contributed by atoms with Crippen molar-refractivity contribution in [1.82, 2.24) is 0 Å². The highest BCUT2D eigenvalue weighted by Gasteiger charge is 2.22. The molecule has 0 radical (unpaired) electrons. The third kappa shape index (κ3) is 3.06. The van der Waals surface area contributed by atoms with Crippen LogP contribution in [0.1, 0.15) is 13.8 Å². The second-order valence-corrected chi connectivity index (χ2v) is 4.30. The van der Waals surface area contributed by atoms with E-state index in [-0.39, 0.29) is 16.6 Å². The van der Waals surface area contributed by atoms with E-state index in [0.717, 1.165) is 0 Å². The third-order valence-corrected chi connectivity index (χ3v) is 2.46. The van der Waals surface area contributed by atoms with Crippen molar-refractivity contribution < 1.29 is 19.1 Å². The fraction of sp³-hybridized carbons (Fsp3) is 0.385. The molecule has 0 N–H and O–H groups in total. The van der Waals surface area contributed by atoms with Crippen LogP contribution in [0.2, 0.25) is 0 Å². The van der Waals surface area contributed by atoms with E-state index in [4.69, 9.17) is 0 Å². The molecule has 0 amide bonds. The number of hydrogen-bond donors (Lipinski definition) is 0. The molecule has 0 fully saturated rings. The van der Waals surface area contributed by atoms with Crippen LogP contribution < -0.4 is 0 Å². The molecule has 0 saturated heterocycles. The Labute approximate surface area is 101 Å². The first-order valence-electron chi connectivity index (χ1n) is 5.20. The van der Waals surface area contributed by atoms with Gasteiger partial charge in [0.2, 0.25) is 0 Å². The van der Waals surface area contributed by atoms with Gasteiger partial charge in [0.15, 0.2) is 0 Å². The third-order valence-electron chi connectivity index (χ3n) is 2.46. The summed E-state index contributed by atoms with van der Waals surface area (Å²) >= 11 is 0. The Morgan fingerprint density at radius 1 is 0.941 bits per heavy atom. The topological polar surface area (TPSA) is 52.6 Å². The SMILES string of the molecule is COC(=O)C1=C(C(=O)OC)C=CC(C)(C)C=C1. The van der Waals surface area contributed by atoms with E-state index in [2.05, 4.69) is 9.47 Å². The predicted molar refractivity (Wildman–Crippen MR) is 63.1 cm³/mol. The first-order chi connectivity index (χ1) is 7.91. The normalized spacial score (nSPS) is 17.6. The second-order valence-electron chi connectivity index (χ2n) is 4.30. The number of carbonyl (C=O) groups is 2. The molecule has 17 heavy (non-hydrogen) atoms. The Balaban J connectivity index is 3.30. The van der Waals surface area contributed by atoms with E-state index < -0.39 is 11.9 Å². The number of hydrogen-bond acceptors (Lipinski definition) is 4. The van der Waals surface area contributed by atoms with Gasteiger partial charge < -0.3 is 9.47 Å². The van der Waals surface area contributed by atoms with Gasteiger partial charge in [0, 0.05) is 5.41 Å². The van der Waals surface area contributed by atoms with Crippen molar-refractivity contribution in [2.24, 2.45) is 5.41 Å². The summed E-state index contributed by atoms with van der Waals surface area (Å²) in [6.07, 6.45) is 6.87. The summed E-state index contributed by atoms with van der Waals surface area (Å²) in [5.41, 5.74) is 0.192. The Hall–Kier alpha value is -1.84. The van der Waals surface area contributed by atoms with Crippen LogP contribution in [0.3, 0.4) is 0 Å². The summed E-state index contributed by atoms with van der Waals surface area (Å²) in [5.74, 6) is -1.10. The van der Waals surface area contributed by atoms with Gasteiger partial charge in [0.25, 0.3) is 0 Å². The summed E-state index contributed by atoms with van der Waals surface area (Å²) in [6.45, 7) is 3.93. The highest BCUT2D eigenvalue weighted by atomic mass is 16.5. The second kappa shape index (κ2) is 4.99. The predicted octanol–water partition coefficient (Wildman–Crippen LogP) is 1.78. The van der Waals surface area contributed by atoms with Crippen LogP contribution in [0.4, 0.5) is 0 Å². The molecule has 0 aliphatic heterocycles. The molecule has 1 rings (SSSR count). The van der Waals surface area contributed by atoms with Crippen molar-refractivity contribution in [3.63, 3.8) is 0 Å². The van der Waals surface area contributed by atoms with Crippen LogP contribution in [0.15, 0.2) is 35.5 Å². The van der Waals surface area contributed by atoms with Crippen molar-refractivity contribution in [1.29, 1.82) is 0 Å². The molecule has 0 unspecified atom stereocenters. The Morgan fingerprint density at radius 2 is 1.29 bits per heavy atom. The van der Waals surface area contributed by atoms with Crippen molar-refractivity contribution in [2.75, 3.05) is 14.2 Å². The molecule has 0 aromatic heterocycles. The molecule has 0 bridgehead atoms. The highest BCUT2D eigenvalue weighted by Crippen LogP contribution is 2.26. The van der Waals surface area contributed by atoms with E-state index in [1.807, 2.05) is 26.0 Å². The summed E-state index contributed by atoms with van der Waals surface area (Å²) in [4.78, 5) is 23.2. The zero-order chi connectivity index (χ0) is 13.1. The Bertz CT molecular complexity index is 387. The summed E-state index contributed by atoms with van der Waals surface area (Å²) < 4.78 is 9.30. The molecule has 1 aliphatic carbocycles. The fourth-order valence-electron chi connectivity index (χ4n) is 1.41. The van der Waals surface area contributed by atoms with Gasteiger partial charge >= 0.3 is 11.9 Å². The molecule has 0 saturated carbocycles. The maximum absolute atomic E-state index is 11.6. The van der Waals surface area contributed by atoms with Gasteiger partial charge in [-0.2, -0.15) is 0 Å². The molecule has 4 nitrogen and oxygen atoms in total. The molecule has 92 valence electrons. The van der Waals surface area contributed by atoms with E-state index in [0.29, 0.717) is 0 Å². The van der Waals surface area contributed by atoms with Gasteiger partial charge in [0.05, 0.1) is 25.4 Å². The molecule has 0 aromatic rings. The lowest BCUT2D eigenvalue weighted by Gasteiger charge is -2.12. The minimum Gasteiger partial charge on any atom is -0.465 e. The van der Waals surface area contributed by atoms with E-state index >= 15 is 0 Å². The minimum atomic E-state index is -0.552.